The largest absolute Gasteiger partial charge is 0.507 e. The van der Waals surface area contributed by atoms with Crippen molar-refractivity contribution in [2.45, 2.75) is 12.6 Å². The minimum absolute atomic E-state index is 0.0374. The molecule has 3 aromatic rings. The first kappa shape index (κ1) is 20.4. The molecule has 1 unspecified atom stereocenters. The number of nitrogens with zero attached hydrogens (tertiary/aromatic N) is 2. The number of hydrogen-bond donors (Lipinski definition) is 1. The molecule has 4 rings (SSSR count). The van der Waals surface area contributed by atoms with Crippen LogP contribution in [0, 0.1) is 15.9 Å². The van der Waals surface area contributed by atoms with E-state index in [1.807, 2.05) is 17.5 Å². The Morgan fingerprint density at radius 3 is 2.52 bits per heavy atom. The van der Waals surface area contributed by atoms with Crippen LogP contribution < -0.4 is 0 Å². The van der Waals surface area contributed by atoms with E-state index in [-0.39, 0.29) is 23.4 Å². The highest BCUT2D eigenvalue weighted by Gasteiger charge is 2.46. The standard InChI is InChI=1S/C22H15FN2O5S/c23-15-8-6-13(7-9-15)19-18(20(26)14-3-1-4-16(11-14)25(29)30)21(27)22(28)24(19)12-17-5-2-10-31-17/h1-11,19,26H,12H2/b20-18-. The van der Waals surface area contributed by atoms with Crippen molar-refractivity contribution < 1.29 is 24.0 Å². The van der Waals surface area contributed by atoms with Crippen molar-refractivity contribution in [1.82, 2.24) is 4.90 Å². The fraction of sp³-hybridized carbons (Fsp3) is 0.0909. The molecular formula is C22H15FN2O5S. The minimum Gasteiger partial charge on any atom is -0.507 e. The summed E-state index contributed by atoms with van der Waals surface area (Å²) >= 11 is 1.41. The number of hydrogen-bond acceptors (Lipinski definition) is 6. The number of carbonyl (C=O) groups excluding carboxylic acids is 2. The zero-order valence-electron chi connectivity index (χ0n) is 15.9. The predicted molar refractivity (Wildman–Crippen MR) is 112 cm³/mol. The third-order valence-electron chi connectivity index (χ3n) is 4.96. The lowest BCUT2D eigenvalue weighted by atomic mass is 9.95. The number of Topliss-reactive ketones (excluding diaryl/α,β-unsaturated/α-hetero) is 1. The highest BCUT2D eigenvalue weighted by atomic mass is 32.1. The third-order valence-corrected chi connectivity index (χ3v) is 5.82. The number of nitro groups is 1. The van der Waals surface area contributed by atoms with Crippen molar-refractivity contribution in [1.29, 1.82) is 0 Å². The summed E-state index contributed by atoms with van der Waals surface area (Å²) in [5, 5.41) is 23.9. The molecule has 31 heavy (non-hydrogen) atoms. The van der Waals surface area contributed by atoms with E-state index >= 15 is 0 Å². The van der Waals surface area contributed by atoms with Crippen molar-refractivity contribution in [2.75, 3.05) is 0 Å². The molecule has 9 heteroatoms. The van der Waals surface area contributed by atoms with Gasteiger partial charge < -0.3 is 10.0 Å². The van der Waals surface area contributed by atoms with Crippen LogP contribution >= 0.6 is 11.3 Å². The molecule has 0 aliphatic carbocycles. The van der Waals surface area contributed by atoms with Crippen molar-refractivity contribution in [3.63, 3.8) is 0 Å². The lowest BCUT2D eigenvalue weighted by Gasteiger charge is -2.25. The summed E-state index contributed by atoms with van der Waals surface area (Å²) in [7, 11) is 0. The average molecular weight is 438 g/mol. The molecule has 1 saturated heterocycles. The summed E-state index contributed by atoms with van der Waals surface area (Å²) in [4.78, 5) is 38.4. The average Bonchev–Trinajstić information content (AvgIpc) is 3.36. The summed E-state index contributed by atoms with van der Waals surface area (Å²) in [6.45, 7) is 0.121. The number of halogens is 1. The Balaban J connectivity index is 1.87. The van der Waals surface area contributed by atoms with Crippen molar-refractivity contribution in [3.05, 3.63) is 104 Å². The van der Waals surface area contributed by atoms with E-state index < -0.39 is 34.2 Å². The molecule has 156 valence electrons. The van der Waals surface area contributed by atoms with E-state index in [1.54, 1.807) is 0 Å². The predicted octanol–water partition coefficient (Wildman–Crippen LogP) is 4.42. The number of non-ortho nitro benzene ring substituents is 1. The number of aliphatic hydroxyl groups excluding tert-OH is 1. The summed E-state index contributed by atoms with van der Waals surface area (Å²) < 4.78 is 13.5. The lowest BCUT2D eigenvalue weighted by Crippen LogP contribution is -2.28. The van der Waals surface area contributed by atoms with Crippen LogP contribution in [-0.2, 0) is 16.1 Å². The molecule has 2 heterocycles. The number of rotatable bonds is 5. The maximum atomic E-state index is 13.5. The number of nitro benzene ring substituents is 1. The second-order valence-corrected chi connectivity index (χ2v) is 7.90. The van der Waals surface area contributed by atoms with Crippen LogP contribution in [0.3, 0.4) is 0 Å². The van der Waals surface area contributed by atoms with Gasteiger partial charge in [0, 0.05) is 22.6 Å². The van der Waals surface area contributed by atoms with Gasteiger partial charge in [-0.3, -0.25) is 19.7 Å². The Kier molecular flexibility index (Phi) is 5.35. The van der Waals surface area contributed by atoms with Gasteiger partial charge in [0.1, 0.15) is 11.6 Å². The number of ketones is 1. The maximum absolute atomic E-state index is 13.5. The van der Waals surface area contributed by atoms with Gasteiger partial charge in [0.15, 0.2) is 0 Å². The van der Waals surface area contributed by atoms with E-state index in [1.165, 1.54) is 58.7 Å². The van der Waals surface area contributed by atoms with Gasteiger partial charge in [0.2, 0.25) is 0 Å². The van der Waals surface area contributed by atoms with E-state index in [0.29, 0.717) is 5.56 Å². The van der Waals surface area contributed by atoms with E-state index in [4.69, 9.17) is 0 Å². The van der Waals surface area contributed by atoms with Gasteiger partial charge in [-0.15, -0.1) is 11.3 Å². The van der Waals surface area contributed by atoms with Crippen molar-refractivity contribution >= 4 is 34.5 Å². The topological polar surface area (TPSA) is 101 Å². The van der Waals surface area contributed by atoms with Crippen LogP contribution in [0.1, 0.15) is 22.0 Å². The number of aliphatic hydroxyl groups is 1. The smallest absolute Gasteiger partial charge is 0.295 e. The maximum Gasteiger partial charge on any atom is 0.295 e. The molecule has 1 N–H and O–H groups in total. The van der Waals surface area contributed by atoms with Gasteiger partial charge in [-0.05, 0) is 29.1 Å². The Morgan fingerprint density at radius 2 is 1.87 bits per heavy atom. The Morgan fingerprint density at radius 1 is 1.13 bits per heavy atom. The number of likely N-dealkylation sites (tertiary alicyclic amines) is 1. The highest BCUT2D eigenvalue weighted by Crippen LogP contribution is 2.40. The Labute approximate surface area is 179 Å². The summed E-state index contributed by atoms with van der Waals surface area (Å²) in [6.07, 6.45) is 0. The third kappa shape index (κ3) is 3.82. The van der Waals surface area contributed by atoms with Gasteiger partial charge in [-0.1, -0.05) is 30.3 Å². The first-order valence-electron chi connectivity index (χ1n) is 9.18. The number of benzene rings is 2. The first-order chi connectivity index (χ1) is 14.9. The van der Waals surface area contributed by atoms with Crippen LogP contribution in [-0.4, -0.2) is 26.6 Å². The Bertz CT molecular complexity index is 1200. The molecule has 1 amide bonds. The molecule has 1 aliphatic heterocycles. The van der Waals surface area contributed by atoms with Crippen LogP contribution in [0.2, 0.25) is 0 Å². The zero-order chi connectivity index (χ0) is 22.1. The monoisotopic (exact) mass is 438 g/mol. The minimum atomic E-state index is -0.970. The summed E-state index contributed by atoms with van der Waals surface area (Å²) in [5.41, 5.74) is 0.00318. The summed E-state index contributed by atoms with van der Waals surface area (Å²) in [5.74, 6) is -2.73. The fourth-order valence-electron chi connectivity index (χ4n) is 3.53. The SMILES string of the molecule is O=C1C(=O)N(Cc2cccs2)C(c2ccc(F)cc2)/C1=C(/O)c1cccc([N+](=O)[O-])c1. The Hall–Kier alpha value is -3.85. The highest BCUT2D eigenvalue weighted by molar-refractivity contribution is 7.09. The first-order valence-corrected chi connectivity index (χ1v) is 10.1. The van der Waals surface area contributed by atoms with Gasteiger partial charge in [-0.2, -0.15) is 0 Å². The van der Waals surface area contributed by atoms with Crippen LogP contribution in [0.5, 0.6) is 0 Å². The quantitative estimate of drug-likeness (QED) is 0.209. The normalized spacial score (nSPS) is 17.8. The molecule has 0 radical (unpaired) electrons. The van der Waals surface area contributed by atoms with Gasteiger partial charge in [0.05, 0.1) is 23.1 Å². The van der Waals surface area contributed by atoms with E-state index in [2.05, 4.69) is 0 Å². The molecule has 7 nitrogen and oxygen atoms in total. The van der Waals surface area contributed by atoms with Gasteiger partial charge >= 0.3 is 0 Å². The molecule has 2 aromatic carbocycles. The second-order valence-electron chi connectivity index (χ2n) is 6.87. The van der Waals surface area contributed by atoms with E-state index in [9.17, 15) is 29.2 Å². The van der Waals surface area contributed by atoms with Crippen molar-refractivity contribution in [3.8, 4) is 0 Å². The lowest BCUT2D eigenvalue weighted by molar-refractivity contribution is -0.384. The number of carbonyl (C=O) groups is 2. The second kappa shape index (κ2) is 8.11. The van der Waals surface area contributed by atoms with Crippen LogP contribution in [0.25, 0.3) is 5.76 Å². The van der Waals surface area contributed by atoms with E-state index in [0.717, 1.165) is 10.9 Å². The molecule has 1 atom stereocenters. The number of amides is 1. The van der Waals surface area contributed by atoms with Gasteiger partial charge in [0.25, 0.3) is 17.4 Å². The van der Waals surface area contributed by atoms with Crippen LogP contribution in [0.4, 0.5) is 10.1 Å². The molecular weight excluding hydrogens is 423 g/mol. The molecule has 0 saturated carbocycles. The molecule has 1 aliphatic rings. The summed E-state index contributed by atoms with van der Waals surface area (Å²) in [6, 6.07) is 13.1. The molecule has 1 fully saturated rings. The van der Waals surface area contributed by atoms with Gasteiger partial charge in [-0.25, -0.2) is 4.39 Å². The molecule has 1 aromatic heterocycles. The van der Waals surface area contributed by atoms with Crippen LogP contribution in [0.15, 0.2) is 71.6 Å². The molecule has 0 spiro atoms. The number of thiophene rings is 1. The zero-order valence-corrected chi connectivity index (χ0v) is 16.7. The molecule has 0 bridgehead atoms. The fourth-order valence-corrected chi connectivity index (χ4v) is 4.23. The van der Waals surface area contributed by atoms with Crippen molar-refractivity contribution in [2.24, 2.45) is 0 Å².